The standard InChI is InChI=1S/C16H17BrFN3O2.2ClH/c1-19-8-9-21(2)16(22)12-4-3-7-20-15(12)23-14-6-5-11(18)10-13(14)17;;/h3-7,10,19H,8-9H2,1-2H3;2*1H. The molecule has 5 nitrogen and oxygen atoms in total. The number of nitrogens with one attached hydrogen (secondary N) is 1. The molecule has 0 unspecified atom stereocenters. The summed E-state index contributed by atoms with van der Waals surface area (Å²) in [5, 5.41) is 2.99. The fraction of sp³-hybridized carbons (Fsp3) is 0.250. The lowest BCUT2D eigenvalue weighted by molar-refractivity contribution is 0.0793. The SMILES string of the molecule is CNCCN(C)C(=O)c1cccnc1Oc1ccc(F)cc1Br.Cl.Cl. The van der Waals surface area contributed by atoms with Crippen molar-refractivity contribution in [3.05, 3.63) is 52.4 Å². The number of halogens is 4. The van der Waals surface area contributed by atoms with Crippen LogP contribution in [0.3, 0.4) is 0 Å². The van der Waals surface area contributed by atoms with Gasteiger partial charge in [-0.2, -0.15) is 0 Å². The van der Waals surface area contributed by atoms with Gasteiger partial charge in [0.25, 0.3) is 5.91 Å². The Kier molecular flexibility index (Phi) is 10.6. The summed E-state index contributed by atoms with van der Waals surface area (Å²) in [7, 11) is 3.53. The zero-order valence-corrected chi connectivity index (χ0v) is 16.9. The second-order valence-electron chi connectivity index (χ2n) is 4.86. The third kappa shape index (κ3) is 6.43. The molecule has 0 spiro atoms. The number of aromatic nitrogens is 1. The van der Waals surface area contributed by atoms with Crippen molar-refractivity contribution in [2.75, 3.05) is 27.2 Å². The lowest BCUT2D eigenvalue weighted by Crippen LogP contribution is -2.33. The molecule has 1 heterocycles. The first kappa shape index (κ1) is 23.6. The van der Waals surface area contributed by atoms with E-state index in [1.807, 2.05) is 7.05 Å². The number of likely N-dealkylation sites (N-methyl/N-ethyl adjacent to an activating group) is 2. The summed E-state index contributed by atoms with van der Waals surface area (Å²) < 4.78 is 19.3. The highest BCUT2D eigenvalue weighted by Gasteiger charge is 2.18. The van der Waals surface area contributed by atoms with E-state index in [-0.39, 0.29) is 42.4 Å². The first-order chi connectivity index (χ1) is 11.0. The minimum Gasteiger partial charge on any atom is -0.437 e. The van der Waals surface area contributed by atoms with Gasteiger partial charge in [-0.05, 0) is 53.3 Å². The molecule has 25 heavy (non-hydrogen) atoms. The highest BCUT2D eigenvalue weighted by atomic mass is 79.9. The Bertz CT molecular complexity index is 707. The molecule has 9 heteroatoms. The van der Waals surface area contributed by atoms with Crippen molar-refractivity contribution in [3.8, 4) is 11.6 Å². The van der Waals surface area contributed by atoms with Crippen LogP contribution in [0.15, 0.2) is 41.0 Å². The van der Waals surface area contributed by atoms with E-state index in [0.717, 1.165) is 0 Å². The molecule has 1 amide bonds. The summed E-state index contributed by atoms with van der Waals surface area (Å²) in [5.74, 6) is -0.00641. The molecule has 0 aliphatic heterocycles. The number of carbonyl (C=O) groups excluding carboxylic acids is 1. The molecule has 0 radical (unpaired) electrons. The van der Waals surface area contributed by atoms with Crippen LogP contribution in [0.4, 0.5) is 4.39 Å². The van der Waals surface area contributed by atoms with Crippen molar-refractivity contribution in [3.63, 3.8) is 0 Å². The molecule has 2 aromatic rings. The Morgan fingerprint density at radius 2 is 2.08 bits per heavy atom. The average Bonchev–Trinajstić information content (AvgIpc) is 2.55. The van der Waals surface area contributed by atoms with Crippen molar-refractivity contribution in [2.45, 2.75) is 0 Å². The lowest BCUT2D eigenvalue weighted by Gasteiger charge is -2.18. The Balaban J connectivity index is 0.00000288. The molecule has 0 bridgehead atoms. The topological polar surface area (TPSA) is 54.5 Å². The minimum absolute atomic E-state index is 0. The van der Waals surface area contributed by atoms with E-state index in [0.29, 0.717) is 28.9 Å². The predicted octanol–water partition coefficient (Wildman–Crippen LogP) is 3.91. The Morgan fingerprint density at radius 1 is 1.36 bits per heavy atom. The normalized spacial score (nSPS) is 9.60. The van der Waals surface area contributed by atoms with Gasteiger partial charge in [-0.3, -0.25) is 4.79 Å². The molecule has 1 aromatic carbocycles. The minimum atomic E-state index is -0.381. The number of pyridine rings is 1. The van der Waals surface area contributed by atoms with Gasteiger partial charge in [0.05, 0.1) is 4.47 Å². The van der Waals surface area contributed by atoms with Gasteiger partial charge in [0.1, 0.15) is 17.1 Å². The molecule has 0 aliphatic rings. The largest absolute Gasteiger partial charge is 0.437 e. The van der Waals surface area contributed by atoms with Crippen LogP contribution in [-0.4, -0.2) is 43.0 Å². The van der Waals surface area contributed by atoms with Gasteiger partial charge in [-0.15, -0.1) is 24.8 Å². The summed E-state index contributed by atoms with van der Waals surface area (Å²) in [6.45, 7) is 1.24. The van der Waals surface area contributed by atoms with Gasteiger partial charge in [0, 0.05) is 26.3 Å². The van der Waals surface area contributed by atoms with Crippen molar-refractivity contribution >= 4 is 46.7 Å². The number of ether oxygens (including phenoxy) is 1. The van der Waals surface area contributed by atoms with Crippen molar-refractivity contribution in [2.24, 2.45) is 0 Å². The zero-order valence-electron chi connectivity index (χ0n) is 13.7. The third-order valence-corrected chi connectivity index (χ3v) is 3.77. The van der Waals surface area contributed by atoms with E-state index in [2.05, 4.69) is 26.2 Å². The summed E-state index contributed by atoms with van der Waals surface area (Å²) >= 11 is 3.23. The fourth-order valence-electron chi connectivity index (χ4n) is 1.88. The van der Waals surface area contributed by atoms with Gasteiger partial charge in [-0.25, -0.2) is 9.37 Å². The first-order valence-electron chi connectivity index (χ1n) is 7.01. The van der Waals surface area contributed by atoms with Gasteiger partial charge in [0.15, 0.2) is 0 Å². The summed E-state index contributed by atoms with van der Waals surface area (Å²) in [5.41, 5.74) is 0.349. The van der Waals surface area contributed by atoms with Gasteiger partial charge in [-0.1, -0.05) is 0 Å². The number of hydrogen-bond donors (Lipinski definition) is 1. The van der Waals surface area contributed by atoms with E-state index >= 15 is 0 Å². The highest BCUT2D eigenvalue weighted by molar-refractivity contribution is 9.10. The number of carbonyl (C=O) groups is 1. The third-order valence-electron chi connectivity index (χ3n) is 3.15. The van der Waals surface area contributed by atoms with Crippen LogP contribution in [0, 0.1) is 5.82 Å². The average molecular weight is 455 g/mol. The lowest BCUT2D eigenvalue weighted by atomic mass is 10.2. The second-order valence-corrected chi connectivity index (χ2v) is 5.72. The van der Waals surface area contributed by atoms with E-state index in [9.17, 15) is 9.18 Å². The maximum atomic E-state index is 13.2. The van der Waals surface area contributed by atoms with Crippen LogP contribution < -0.4 is 10.1 Å². The summed E-state index contributed by atoms with van der Waals surface area (Å²) in [6.07, 6.45) is 1.54. The maximum Gasteiger partial charge on any atom is 0.259 e. The predicted molar refractivity (Wildman–Crippen MR) is 104 cm³/mol. The number of hydrogen-bond acceptors (Lipinski definition) is 4. The quantitative estimate of drug-likeness (QED) is 0.718. The van der Waals surface area contributed by atoms with E-state index in [4.69, 9.17) is 4.74 Å². The highest BCUT2D eigenvalue weighted by Crippen LogP contribution is 2.31. The number of benzene rings is 1. The van der Waals surface area contributed by atoms with Gasteiger partial charge >= 0.3 is 0 Å². The van der Waals surface area contributed by atoms with Crippen LogP contribution in [0.1, 0.15) is 10.4 Å². The fourth-order valence-corrected chi connectivity index (χ4v) is 2.32. The first-order valence-corrected chi connectivity index (χ1v) is 7.80. The van der Waals surface area contributed by atoms with Crippen molar-refractivity contribution in [1.82, 2.24) is 15.2 Å². The van der Waals surface area contributed by atoms with E-state index < -0.39 is 0 Å². The van der Waals surface area contributed by atoms with E-state index in [1.54, 1.807) is 24.1 Å². The Labute approximate surface area is 166 Å². The number of rotatable bonds is 6. The summed E-state index contributed by atoms with van der Waals surface area (Å²) in [4.78, 5) is 18.2. The Hall–Kier alpha value is -1.41. The molecule has 0 fully saturated rings. The number of nitrogens with zero attached hydrogens (tertiary/aromatic N) is 2. The van der Waals surface area contributed by atoms with Crippen LogP contribution in [-0.2, 0) is 0 Å². The summed E-state index contributed by atoms with van der Waals surface area (Å²) in [6, 6.07) is 7.37. The van der Waals surface area contributed by atoms with Gasteiger partial charge < -0.3 is 15.0 Å². The molecular weight excluding hydrogens is 436 g/mol. The van der Waals surface area contributed by atoms with Crippen LogP contribution in [0.2, 0.25) is 0 Å². The molecule has 0 saturated carbocycles. The molecule has 138 valence electrons. The molecule has 0 aliphatic carbocycles. The second kappa shape index (κ2) is 11.3. The molecule has 1 N–H and O–H groups in total. The van der Waals surface area contributed by atoms with Crippen molar-refractivity contribution in [1.29, 1.82) is 0 Å². The maximum absolute atomic E-state index is 13.2. The van der Waals surface area contributed by atoms with Gasteiger partial charge in [0.2, 0.25) is 5.88 Å². The van der Waals surface area contributed by atoms with E-state index in [1.165, 1.54) is 24.4 Å². The molecule has 1 aromatic heterocycles. The number of amides is 1. The smallest absolute Gasteiger partial charge is 0.259 e. The van der Waals surface area contributed by atoms with Crippen LogP contribution in [0.5, 0.6) is 11.6 Å². The molecule has 0 atom stereocenters. The van der Waals surface area contributed by atoms with Crippen LogP contribution in [0.25, 0.3) is 0 Å². The van der Waals surface area contributed by atoms with Crippen molar-refractivity contribution < 1.29 is 13.9 Å². The Morgan fingerprint density at radius 3 is 2.72 bits per heavy atom. The molecular formula is C16H19BrCl2FN3O2. The molecule has 0 saturated heterocycles. The zero-order chi connectivity index (χ0) is 16.8. The monoisotopic (exact) mass is 453 g/mol. The molecule has 2 rings (SSSR count). The van der Waals surface area contributed by atoms with Crippen LogP contribution >= 0.6 is 40.7 Å².